The zero-order valence-corrected chi connectivity index (χ0v) is 19.8. The number of amides is 1. The number of halogens is 1. The van der Waals surface area contributed by atoms with Crippen LogP contribution in [0.2, 0.25) is 5.02 Å². The second-order valence-corrected chi connectivity index (χ2v) is 7.08. The molecule has 2 aromatic carbocycles. The molecule has 0 radical (unpaired) electrons. The second-order valence-electron chi connectivity index (χ2n) is 6.64. The topological polar surface area (TPSA) is 117 Å². The van der Waals surface area contributed by atoms with Crippen molar-refractivity contribution in [3.8, 4) is 5.69 Å². The summed E-state index contributed by atoms with van der Waals surface area (Å²) in [5.74, 6) is -1.29. The molecule has 0 fully saturated rings. The van der Waals surface area contributed by atoms with Crippen LogP contribution in [0.4, 0.5) is 0 Å². The van der Waals surface area contributed by atoms with Gasteiger partial charge in [0, 0.05) is 11.2 Å². The second kappa shape index (κ2) is 13.9. The third-order valence-electron chi connectivity index (χ3n) is 4.39. The summed E-state index contributed by atoms with van der Waals surface area (Å²) >= 11 is 5.98. The van der Waals surface area contributed by atoms with Gasteiger partial charge in [-0.05, 0) is 41.3 Å². The van der Waals surface area contributed by atoms with E-state index in [1.807, 2.05) is 30.3 Å². The normalized spacial score (nSPS) is 11.0. The van der Waals surface area contributed by atoms with Gasteiger partial charge >= 0.3 is 24.8 Å². The number of aromatic nitrogens is 2. The van der Waals surface area contributed by atoms with Crippen LogP contribution >= 0.6 is 11.6 Å². The fraction of sp³-hybridized carbons (Fsp3) is 0.125. The SMILES string of the molecule is COC(=O)CNC(=O)[C-]=C(OCc1ccccc1)c1cnn(-c2ccc(Cl)cc2)c1[C-]=NC=[N-].[Li+]. The van der Waals surface area contributed by atoms with Gasteiger partial charge in [-0.25, -0.2) is 6.34 Å². The fourth-order valence-corrected chi connectivity index (χ4v) is 2.90. The van der Waals surface area contributed by atoms with Gasteiger partial charge in [0.05, 0.1) is 12.8 Å². The number of rotatable bonds is 10. The van der Waals surface area contributed by atoms with E-state index in [0.29, 0.717) is 22.6 Å². The molecule has 0 saturated heterocycles. The minimum Gasteiger partial charge on any atom is -0.575 e. The number of hydrogen-bond donors (Lipinski definition) is 1. The monoisotopic (exact) mass is 483 g/mol. The molecule has 0 saturated carbocycles. The molecule has 3 aromatic rings. The average molecular weight is 484 g/mol. The molecule has 0 aliphatic heterocycles. The minimum absolute atomic E-state index is 0. The molecule has 0 aliphatic rings. The Bertz CT molecular complexity index is 1210. The van der Waals surface area contributed by atoms with E-state index in [1.165, 1.54) is 18.0 Å². The summed E-state index contributed by atoms with van der Waals surface area (Å²) in [4.78, 5) is 27.5. The number of carbonyl (C=O) groups excluding carboxylic acids is 2. The van der Waals surface area contributed by atoms with E-state index in [4.69, 9.17) is 21.7 Å². The summed E-state index contributed by atoms with van der Waals surface area (Å²) in [5, 5.41) is 16.3. The van der Waals surface area contributed by atoms with Crippen molar-refractivity contribution in [3.05, 3.63) is 94.1 Å². The first-order chi connectivity index (χ1) is 16.5. The molecule has 0 aliphatic carbocycles. The third kappa shape index (κ3) is 7.97. The maximum absolute atomic E-state index is 12.4. The first kappa shape index (κ1) is 27.6. The molecule has 1 aromatic heterocycles. The Morgan fingerprint density at radius 1 is 1.20 bits per heavy atom. The van der Waals surface area contributed by atoms with E-state index in [9.17, 15) is 9.59 Å². The molecule has 11 heteroatoms. The minimum atomic E-state index is -0.704. The van der Waals surface area contributed by atoms with E-state index in [-0.39, 0.29) is 43.5 Å². The molecular weight excluding hydrogens is 465 g/mol. The number of nitrogens with one attached hydrogen (secondary N) is 1. The fourth-order valence-electron chi connectivity index (χ4n) is 2.77. The Morgan fingerprint density at radius 2 is 1.91 bits per heavy atom. The van der Waals surface area contributed by atoms with Crippen LogP contribution in [0.15, 0.2) is 65.8 Å². The number of aliphatic imine (C=N–C) groups is 1. The third-order valence-corrected chi connectivity index (χ3v) is 4.64. The van der Waals surface area contributed by atoms with Crippen LogP contribution in [-0.2, 0) is 25.7 Å². The Kier molecular flexibility index (Phi) is 11.0. The van der Waals surface area contributed by atoms with Gasteiger partial charge in [-0.2, -0.15) is 11.3 Å². The number of esters is 1. The summed E-state index contributed by atoms with van der Waals surface area (Å²) in [6.07, 6.45) is 7.28. The predicted octanol–water partition coefficient (Wildman–Crippen LogP) is 0.0734. The maximum Gasteiger partial charge on any atom is 1.00 e. The van der Waals surface area contributed by atoms with E-state index >= 15 is 0 Å². The molecule has 0 atom stereocenters. The van der Waals surface area contributed by atoms with Crippen molar-refractivity contribution in [1.82, 2.24) is 15.1 Å². The molecule has 1 heterocycles. The summed E-state index contributed by atoms with van der Waals surface area (Å²) in [7, 11) is 1.22. The van der Waals surface area contributed by atoms with E-state index in [1.54, 1.807) is 24.3 Å². The van der Waals surface area contributed by atoms with Gasteiger partial charge in [0.2, 0.25) is 0 Å². The molecule has 1 N–H and O–H groups in total. The largest absolute Gasteiger partial charge is 1.00 e. The van der Waals surface area contributed by atoms with Crippen LogP contribution in [0.3, 0.4) is 0 Å². The number of carbonyl (C=O) groups is 2. The van der Waals surface area contributed by atoms with Gasteiger partial charge in [-0.3, -0.25) is 14.3 Å². The van der Waals surface area contributed by atoms with Crippen molar-refractivity contribution in [2.75, 3.05) is 13.7 Å². The number of hydrogen-bond acceptors (Lipinski definition) is 5. The summed E-state index contributed by atoms with van der Waals surface area (Å²) in [6, 6.07) is 16.1. The maximum atomic E-state index is 12.4. The van der Waals surface area contributed by atoms with Crippen molar-refractivity contribution in [3.63, 3.8) is 0 Å². The number of methoxy groups -OCH3 is 1. The molecule has 174 valence electrons. The van der Waals surface area contributed by atoms with Gasteiger partial charge < -0.3 is 25.2 Å². The van der Waals surface area contributed by atoms with E-state index < -0.39 is 11.9 Å². The number of benzene rings is 2. The predicted molar refractivity (Wildman–Crippen MR) is 127 cm³/mol. The molecule has 0 unspecified atom stereocenters. The summed E-state index contributed by atoms with van der Waals surface area (Å²) in [5.41, 5.74) is 2.09. The Balaban J connectivity index is 0.00000432. The quantitative estimate of drug-likeness (QED) is 0.0833. The van der Waals surface area contributed by atoms with Crippen LogP contribution in [0.25, 0.3) is 16.9 Å². The summed E-state index contributed by atoms with van der Waals surface area (Å²) < 4.78 is 11.9. The molecule has 3 rings (SSSR count). The molecule has 9 nitrogen and oxygen atoms in total. The zero-order valence-electron chi connectivity index (χ0n) is 19.1. The first-order valence-electron chi connectivity index (χ1n) is 9.93. The zero-order chi connectivity index (χ0) is 24.3. The molecule has 35 heavy (non-hydrogen) atoms. The molecule has 1 amide bonds. The smallest absolute Gasteiger partial charge is 0.575 e. The Morgan fingerprint density at radius 3 is 2.57 bits per heavy atom. The van der Waals surface area contributed by atoms with Gasteiger partial charge in [0.25, 0.3) is 0 Å². The van der Waals surface area contributed by atoms with Crippen molar-refractivity contribution in [1.29, 1.82) is 0 Å². The van der Waals surface area contributed by atoms with Gasteiger partial charge in [-0.15, -0.1) is 6.08 Å². The van der Waals surface area contributed by atoms with E-state index in [2.05, 4.69) is 32.4 Å². The molecule has 0 spiro atoms. The van der Waals surface area contributed by atoms with Crippen molar-refractivity contribution < 1.29 is 37.9 Å². The van der Waals surface area contributed by atoms with Crippen LogP contribution in [0.1, 0.15) is 16.8 Å². The summed E-state index contributed by atoms with van der Waals surface area (Å²) in [6.45, 7) is -0.208. The van der Waals surface area contributed by atoms with Crippen LogP contribution in [0.5, 0.6) is 0 Å². The van der Waals surface area contributed by atoms with Crippen LogP contribution < -0.4 is 24.2 Å². The van der Waals surface area contributed by atoms with Crippen molar-refractivity contribution in [2.24, 2.45) is 4.99 Å². The first-order valence-corrected chi connectivity index (χ1v) is 10.3. The van der Waals surface area contributed by atoms with Gasteiger partial charge in [-0.1, -0.05) is 47.5 Å². The van der Waals surface area contributed by atoms with Gasteiger partial charge in [0.1, 0.15) is 13.2 Å². The Labute approximate surface area is 219 Å². The number of ether oxygens (including phenoxy) is 2. The van der Waals surface area contributed by atoms with Crippen molar-refractivity contribution >= 4 is 41.8 Å². The average Bonchev–Trinajstić information content (AvgIpc) is 3.28. The van der Waals surface area contributed by atoms with Gasteiger partial charge in [0.15, 0.2) is 5.91 Å². The van der Waals surface area contributed by atoms with E-state index in [0.717, 1.165) is 5.56 Å². The van der Waals surface area contributed by atoms with Crippen LogP contribution in [0, 0.1) is 6.08 Å². The van der Waals surface area contributed by atoms with Crippen LogP contribution in [-0.4, -0.2) is 47.9 Å². The standard InChI is InChI=1S/C24H19ClN5O4.Li/c1-33-24(32)14-28-23(31)11-22(34-15-17-5-3-2-4-6-17)20-12-29-30(21(20)13-27-16-26)19-9-7-18(25)8-10-19;/h2-10,12,16H,14-15H2,1H3,(H,28,31);/q-3;+1. The number of nitrogens with zero attached hydrogens (tertiary/aromatic N) is 4. The Hall–Kier alpha value is -3.64. The molecular formula is C24H19ClLiN5O4-2. The van der Waals surface area contributed by atoms with Crippen molar-refractivity contribution in [2.45, 2.75) is 6.61 Å². The molecule has 0 bridgehead atoms.